The lowest BCUT2D eigenvalue weighted by atomic mass is 9.81. The van der Waals surface area contributed by atoms with E-state index in [1.165, 1.54) is 7.11 Å². The maximum atomic E-state index is 12.5. The van der Waals surface area contributed by atoms with Gasteiger partial charge in [-0.3, -0.25) is 4.79 Å². The molecule has 0 bridgehead atoms. The molecular formula is C12H18F3NO4. The number of alkyl halides is 3. The van der Waals surface area contributed by atoms with Crippen molar-refractivity contribution < 1.29 is 32.6 Å². The van der Waals surface area contributed by atoms with Crippen LogP contribution in [0.2, 0.25) is 0 Å². The van der Waals surface area contributed by atoms with E-state index in [0.29, 0.717) is 0 Å². The minimum Gasteiger partial charge on any atom is -0.479 e. The molecule has 1 unspecified atom stereocenters. The first kappa shape index (κ1) is 16.7. The van der Waals surface area contributed by atoms with Gasteiger partial charge in [-0.15, -0.1) is 0 Å². The Bertz CT molecular complexity index is 351. The Morgan fingerprint density at radius 1 is 1.30 bits per heavy atom. The van der Waals surface area contributed by atoms with Crippen LogP contribution in [0.15, 0.2) is 0 Å². The Morgan fingerprint density at radius 3 is 2.25 bits per heavy atom. The number of ether oxygens (including phenoxy) is 1. The monoisotopic (exact) mass is 297 g/mol. The number of halogens is 3. The lowest BCUT2D eigenvalue weighted by molar-refractivity contribution is -0.184. The van der Waals surface area contributed by atoms with Gasteiger partial charge in [-0.1, -0.05) is 0 Å². The van der Waals surface area contributed by atoms with Gasteiger partial charge in [0, 0.05) is 13.0 Å². The van der Waals surface area contributed by atoms with Gasteiger partial charge < -0.3 is 15.2 Å². The third kappa shape index (κ3) is 4.66. The van der Waals surface area contributed by atoms with Crippen LogP contribution < -0.4 is 5.32 Å². The minimum absolute atomic E-state index is 0.0613. The SMILES string of the molecule is COC(CNC(=O)C1CCC(C(F)(F)F)CC1)C(=O)O. The second-order valence-corrected chi connectivity index (χ2v) is 4.90. The first-order chi connectivity index (χ1) is 9.25. The van der Waals surface area contributed by atoms with Crippen molar-refractivity contribution in [3.05, 3.63) is 0 Å². The van der Waals surface area contributed by atoms with Crippen LogP contribution in [0.25, 0.3) is 0 Å². The summed E-state index contributed by atoms with van der Waals surface area (Å²) in [5.41, 5.74) is 0. The van der Waals surface area contributed by atoms with E-state index in [1.807, 2.05) is 0 Å². The summed E-state index contributed by atoms with van der Waals surface area (Å²) in [7, 11) is 1.21. The van der Waals surface area contributed by atoms with Gasteiger partial charge >= 0.3 is 12.1 Å². The first-order valence-electron chi connectivity index (χ1n) is 6.35. The van der Waals surface area contributed by atoms with Crippen LogP contribution in [0.1, 0.15) is 25.7 Å². The van der Waals surface area contributed by atoms with Crippen molar-refractivity contribution in [2.24, 2.45) is 11.8 Å². The molecule has 1 aliphatic carbocycles. The molecule has 0 spiro atoms. The molecule has 1 atom stereocenters. The van der Waals surface area contributed by atoms with Gasteiger partial charge in [-0.05, 0) is 25.7 Å². The summed E-state index contributed by atoms with van der Waals surface area (Å²) in [5.74, 6) is -3.43. The van der Waals surface area contributed by atoms with Gasteiger partial charge in [0.2, 0.25) is 5.91 Å². The van der Waals surface area contributed by atoms with Gasteiger partial charge in [0.25, 0.3) is 0 Å². The molecule has 1 fully saturated rings. The molecule has 0 aliphatic heterocycles. The standard InChI is InChI=1S/C12H18F3NO4/c1-20-9(11(18)19)6-16-10(17)7-2-4-8(5-3-7)12(13,14)15/h7-9H,2-6H2,1H3,(H,16,17)(H,18,19). The maximum Gasteiger partial charge on any atom is 0.391 e. The van der Waals surface area contributed by atoms with E-state index in [4.69, 9.17) is 5.11 Å². The van der Waals surface area contributed by atoms with Crippen LogP contribution in [-0.4, -0.2) is 42.9 Å². The normalized spacial score (nSPS) is 25.0. The highest BCUT2D eigenvalue weighted by Gasteiger charge is 2.42. The summed E-state index contributed by atoms with van der Waals surface area (Å²) in [5, 5.41) is 11.1. The van der Waals surface area contributed by atoms with E-state index in [0.717, 1.165) is 0 Å². The van der Waals surface area contributed by atoms with Crippen molar-refractivity contribution in [2.45, 2.75) is 38.0 Å². The second-order valence-electron chi connectivity index (χ2n) is 4.90. The first-order valence-corrected chi connectivity index (χ1v) is 6.35. The van der Waals surface area contributed by atoms with Crippen LogP contribution in [-0.2, 0) is 14.3 Å². The van der Waals surface area contributed by atoms with E-state index >= 15 is 0 Å². The van der Waals surface area contributed by atoms with Crippen LogP contribution in [0.5, 0.6) is 0 Å². The topological polar surface area (TPSA) is 75.6 Å². The number of hydrogen-bond acceptors (Lipinski definition) is 3. The molecule has 1 saturated carbocycles. The van der Waals surface area contributed by atoms with E-state index in [2.05, 4.69) is 10.1 Å². The molecule has 1 rings (SSSR count). The average molecular weight is 297 g/mol. The summed E-state index contributed by atoms with van der Waals surface area (Å²) >= 11 is 0. The number of carboxylic acid groups (broad SMARTS) is 1. The fourth-order valence-electron chi connectivity index (χ4n) is 2.29. The molecule has 5 nitrogen and oxygen atoms in total. The fourth-order valence-corrected chi connectivity index (χ4v) is 2.29. The predicted octanol–water partition coefficient (Wildman–Crippen LogP) is 1.57. The third-order valence-corrected chi connectivity index (χ3v) is 3.58. The molecule has 0 aromatic carbocycles. The molecule has 0 radical (unpaired) electrons. The highest BCUT2D eigenvalue weighted by atomic mass is 19.4. The number of amides is 1. The molecule has 1 aliphatic rings. The van der Waals surface area contributed by atoms with Crippen LogP contribution in [0.3, 0.4) is 0 Å². The Hall–Kier alpha value is -1.31. The molecule has 116 valence electrons. The second kappa shape index (κ2) is 6.92. The van der Waals surface area contributed by atoms with E-state index in [-0.39, 0.29) is 32.2 Å². The average Bonchev–Trinajstić information content (AvgIpc) is 2.38. The highest BCUT2D eigenvalue weighted by molar-refractivity contribution is 5.80. The molecule has 1 amide bonds. The quantitative estimate of drug-likeness (QED) is 0.807. The van der Waals surface area contributed by atoms with Gasteiger partial charge in [0.15, 0.2) is 6.10 Å². The number of aliphatic carboxylic acids is 1. The fraction of sp³-hybridized carbons (Fsp3) is 0.833. The molecule has 0 aromatic heterocycles. The summed E-state index contributed by atoms with van der Waals surface area (Å²) in [6.45, 7) is -0.191. The minimum atomic E-state index is -4.20. The summed E-state index contributed by atoms with van der Waals surface area (Å²) in [6, 6.07) is 0. The Labute approximate surface area is 114 Å². The Balaban J connectivity index is 2.38. The van der Waals surface area contributed by atoms with Gasteiger partial charge in [-0.2, -0.15) is 13.2 Å². The van der Waals surface area contributed by atoms with Crippen molar-refractivity contribution in [1.82, 2.24) is 5.32 Å². The highest BCUT2D eigenvalue weighted by Crippen LogP contribution is 2.39. The van der Waals surface area contributed by atoms with E-state index in [1.54, 1.807) is 0 Å². The summed E-state index contributed by atoms with van der Waals surface area (Å²) < 4.78 is 42.1. The maximum absolute atomic E-state index is 12.5. The van der Waals surface area contributed by atoms with Crippen molar-refractivity contribution in [3.63, 3.8) is 0 Å². The number of hydrogen-bond donors (Lipinski definition) is 2. The lowest BCUT2D eigenvalue weighted by Gasteiger charge is -2.29. The number of rotatable bonds is 5. The number of carboxylic acids is 1. The third-order valence-electron chi connectivity index (χ3n) is 3.58. The smallest absolute Gasteiger partial charge is 0.391 e. The molecule has 2 N–H and O–H groups in total. The van der Waals surface area contributed by atoms with Crippen molar-refractivity contribution in [3.8, 4) is 0 Å². The molecule has 0 aromatic rings. The number of methoxy groups -OCH3 is 1. The van der Waals surface area contributed by atoms with Crippen molar-refractivity contribution >= 4 is 11.9 Å². The van der Waals surface area contributed by atoms with Crippen LogP contribution >= 0.6 is 0 Å². The molecular weight excluding hydrogens is 279 g/mol. The Kier molecular flexibility index (Phi) is 5.79. The van der Waals surface area contributed by atoms with Crippen molar-refractivity contribution in [1.29, 1.82) is 0 Å². The van der Waals surface area contributed by atoms with E-state index < -0.39 is 36.0 Å². The number of carbonyl (C=O) groups excluding carboxylic acids is 1. The summed E-state index contributed by atoms with van der Waals surface area (Å²) in [4.78, 5) is 22.4. The van der Waals surface area contributed by atoms with Gasteiger partial charge in [0.05, 0.1) is 12.5 Å². The van der Waals surface area contributed by atoms with Crippen molar-refractivity contribution in [2.75, 3.05) is 13.7 Å². The molecule has 0 heterocycles. The van der Waals surface area contributed by atoms with Crippen LogP contribution in [0.4, 0.5) is 13.2 Å². The van der Waals surface area contributed by atoms with Gasteiger partial charge in [-0.25, -0.2) is 4.79 Å². The molecule has 20 heavy (non-hydrogen) atoms. The molecule has 0 saturated heterocycles. The summed E-state index contributed by atoms with van der Waals surface area (Å²) in [6.07, 6.45) is -5.14. The largest absolute Gasteiger partial charge is 0.479 e. The number of carbonyl (C=O) groups is 2. The zero-order valence-corrected chi connectivity index (χ0v) is 11.1. The lowest BCUT2D eigenvalue weighted by Crippen LogP contribution is -2.41. The van der Waals surface area contributed by atoms with Gasteiger partial charge in [0.1, 0.15) is 0 Å². The zero-order chi connectivity index (χ0) is 15.3. The number of nitrogens with one attached hydrogen (secondary N) is 1. The molecule has 8 heteroatoms. The van der Waals surface area contributed by atoms with E-state index in [9.17, 15) is 22.8 Å². The van der Waals surface area contributed by atoms with Crippen LogP contribution in [0, 0.1) is 11.8 Å². The Morgan fingerprint density at radius 2 is 1.85 bits per heavy atom. The predicted molar refractivity (Wildman–Crippen MR) is 62.9 cm³/mol. The zero-order valence-electron chi connectivity index (χ0n) is 11.1.